The summed E-state index contributed by atoms with van der Waals surface area (Å²) in [6.45, 7) is -1.61. The summed E-state index contributed by atoms with van der Waals surface area (Å²) < 4.78 is 78.0. The first-order chi connectivity index (χ1) is 15.5. The van der Waals surface area contributed by atoms with Crippen LogP contribution in [0, 0.1) is 11.6 Å². The number of aromatic nitrogens is 1. The van der Waals surface area contributed by atoms with Crippen LogP contribution in [0.2, 0.25) is 0 Å². The van der Waals surface area contributed by atoms with Crippen molar-refractivity contribution in [2.24, 2.45) is 0 Å². The number of hydrogen-bond donors (Lipinski definition) is 0. The lowest BCUT2D eigenvalue weighted by Crippen LogP contribution is -2.49. The Bertz CT molecular complexity index is 1190. The number of hydrogen-bond acceptors (Lipinski definition) is 5. The third-order valence-electron chi connectivity index (χ3n) is 5.63. The zero-order valence-electron chi connectivity index (χ0n) is 17.4. The maximum Gasteiger partial charge on any atom is 0.406 e. The van der Waals surface area contributed by atoms with Crippen molar-refractivity contribution in [3.05, 3.63) is 39.7 Å². The van der Waals surface area contributed by atoms with Gasteiger partial charge in [-0.2, -0.15) is 17.6 Å². The van der Waals surface area contributed by atoms with Crippen molar-refractivity contribution >= 4 is 22.8 Å². The number of piperidine rings is 1. The molecule has 2 fully saturated rings. The van der Waals surface area contributed by atoms with Crippen LogP contribution in [-0.2, 0) is 9.53 Å². The first-order valence-corrected chi connectivity index (χ1v) is 10.2. The molecule has 1 aromatic heterocycles. The smallest absolute Gasteiger partial charge is 0.406 e. The molecule has 4 rings (SSSR count). The number of halogens is 5. The second-order valence-corrected chi connectivity index (χ2v) is 8.02. The predicted molar refractivity (Wildman–Crippen MR) is 104 cm³/mol. The van der Waals surface area contributed by atoms with Gasteiger partial charge in [0.25, 0.3) is 5.91 Å². The highest BCUT2D eigenvalue weighted by atomic mass is 19.4. The van der Waals surface area contributed by atoms with Gasteiger partial charge in [0.1, 0.15) is 12.1 Å². The number of likely N-dealkylation sites (tertiary alicyclic amines) is 1. The molecule has 178 valence electrons. The van der Waals surface area contributed by atoms with Gasteiger partial charge in [-0.3, -0.25) is 9.59 Å². The normalized spacial score (nSPS) is 19.2. The molecule has 33 heavy (non-hydrogen) atoms. The lowest BCUT2D eigenvalue weighted by Gasteiger charge is -2.32. The number of carbonyl (C=O) groups excluding carboxylic acids is 2. The number of fused-ring (bicyclic) bond motifs is 1. The van der Waals surface area contributed by atoms with Gasteiger partial charge in [0.2, 0.25) is 11.2 Å². The number of ether oxygens (including phenoxy) is 2. The minimum atomic E-state index is -4.61. The van der Waals surface area contributed by atoms with Gasteiger partial charge in [-0.25, -0.2) is 9.18 Å². The van der Waals surface area contributed by atoms with Gasteiger partial charge in [-0.05, 0) is 31.7 Å². The van der Waals surface area contributed by atoms with E-state index in [1.54, 1.807) is 0 Å². The van der Waals surface area contributed by atoms with Gasteiger partial charge in [0, 0.05) is 18.8 Å². The van der Waals surface area contributed by atoms with E-state index in [9.17, 15) is 36.3 Å². The largest absolute Gasteiger partial charge is 0.491 e. The molecule has 12 heteroatoms. The summed E-state index contributed by atoms with van der Waals surface area (Å²) in [7, 11) is 1.11. The van der Waals surface area contributed by atoms with Crippen molar-refractivity contribution in [3.8, 4) is 5.75 Å². The average Bonchev–Trinajstić information content (AvgIpc) is 3.57. The molecule has 1 amide bonds. The molecule has 1 aromatic carbocycles. The number of nitrogens with zero attached hydrogens (tertiary/aromatic N) is 2. The molecule has 2 aliphatic rings. The van der Waals surface area contributed by atoms with Crippen LogP contribution in [0.4, 0.5) is 22.0 Å². The van der Waals surface area contributed by atoms with Gasteiger partial charge < -0.3 is 18.9 Å². The Hall–Kier alpha value is -3.18. The molecule has 1 saturated carbocycles. The van der Waals surface area contributed by atoms with Gasteiger partial charge >= 0.3 is 12.1 Å². The maximum absolute atomic E-state index is 14.3. The molecule has 1 atom stereocenters. The second-order valence-electron chi connectivity index (χ2n) is 8.02. The standard InChI is InChI=1S/C21H19F5N2O5/c1-32-18-15(23)13(22)7-11-16(18)28(10-4-5-10)8-12(17(11)29)20(31)33-14-3-2-6-27(19(14)30)9-21(24,25)26/h7-8,10,14H,2-6,9H2,1H3. The maximum atomic E-state index is 14.3. The molecule has 0 bridgehead atoms. The van der Waals surface area contributed by atoms with Crippen molar-refractivity contribution in [1.29, 1.82) is 0 Å². The third kappa shape index (κ3) is 4.38. The highest BCUT2D eigenvalue weighted by Gasteiger charge is 2.39. The zero-order chi connectivity index (χ0) is 24.1. The topological polar surface area (TPSA) is 77.8 Å². The summed E-state index contributed by atoms with van der Waals surface area (Å²) in [4.78, 5) is 38.7. The quantitative estimate of drug-likeness (QED) is 0.491. The van der Waals surface area contributed by atoms with Crippen LogP contribution in [0.5, 0.6) is 5.75 Å². The van der Waals surface area contributed by atoms with Crippen molar-refractivity contribution in [2.75, 3.05) is 20.2 Å². The minimum absolute atomic E-state index is 0.00299. The summed E-state index contributed by atoms with van der Waals surface area (Å²) in [5, 5.41) is -0.319. The van der Waals surface area contributed by atoms with Crippen LogP contribution < -0.4 is 10.2 Å². The lowest BCUT2D eigenvalue weighted by atomic mass is 10.1. The highest BCUT2D eigenvalue weighted by molar-refractivity contribution is 5.97. The zero-order valence-corrected chi connectivity index (χ0v) is 17.4. The van der Waals surface area contributed by atoms with E-state index in [0.717, 1.165) is 13.3 Å². The van der Waals surface area contributed by atoms with E-state index in [1.165, 1.54) is 4.57 Å². The van der Waals surface area contributed by atoms with Crippen LogP contribution in [0.3, 0.4) is 0 Å². The van der Waals surface area contributed by atoms with Gasteiger partial charge in [-0.1, -0.05) is 0 Å². The van der Waals surface area contributed by atoms with E-state index in [4.69, 9.17) is 9.47 Å². The Morgan fingerprint density at radius 2 is 1.88 bits per heavy atom. The minimum Gasteiger partial charge on any atom is -0.491 e. The number of benzene rings is 1. The number of rotatable bonds is 5. The molecule has 0 radical (unpaired) electrons. The van der Waals surface area contributed by atoms with E-state index in [2.05, 4.69) is 0 Å². The molecule has 1 saturated heterocycles. The fraction of sp³-hybridized carbons (Fsp3) is 0.476. The summed E-state index contributed by atoms with van der Waals surface area (Å²) in [6, 6.07) is 0.458. The summed E-state index contributed by atoms with van der Waals surface area (Å²) >= 11 is 0. The van der Waals surface area contributed by atoms with Gasteiger partial charge in [-0.15, -0.1) is 0 Å². The fourth-order valence-corrected chi connectivity index (χ4v) is 3.98. The van der Waals surface area contributed by atoms with E-state index in [0.29, 0.717) is 23.8 Å². The molecule has 1 unspecified atom stereocenters. The molecule has 1 aliphatic carbocycles. The molecule has 0 N–H and O–H groups in total. The van der Waals surface area contributed by atoms with E-state index in [-0.39, 0.29) is 36.3 Å². The lowest BCUT2D eigenvalue weighted by molar-refractivity contribution is -0.170. The molecule has 7 nitrogen and oxygen atoms in total. The number of amides is 1. The highest BCUT2D eigenvalue weighted by Crippen LogP contribution is 2.40. The summed E-state index contributed by atoms with van der Waals surface area (Å²) in [5.74, 6) is -5.36. The Labute approximate surface area is 183 Å². The molecular weight excluding hydrogens is 455 g/mol. The molecule has 2 heterocycles. The Morgan fingerprint density at radius 3 is 2.48 bits per heavy atom. The number of pyridine rings is 1. The van der Waals surface area contributed by atoms with Crippen LogP contribution in [0.1, 0.15) is 42.1 Å². The Balaban J connectivity index is 1.71. The van der Waals surface area contributed by atoms with Crippen LogP contribution in [0.25, 0.3) is 10.9 Å². The first-order valence-electron chi connectivity index (χ1n) is 10.2. The SMILES string of the molecule is COc1c(F)c(F)cc2c(=O)c(C(=O)OC3CCCN(CC(F)(F)F)C3=O)cn(C3CC3)c12. The Morgan fingerprint density at radius 1 is 1.18 bits per heavy atom. The van der Waals surface area contributed by atoms with E-state index in [1.807, 2.05) is 0 Å². The average molecular weight is 474 g/mol. The summed E-state index contributed by atoms with van der Waals surface area (Å²) in [5.41, 5.74) is -1.53. The van der Waals surface area contributed by atoms with Crippen LogP contribution >= 0.6 is 0 Å². The predicted octanol–water partition coefficient (Wildman–Crippen LogP) is 3.33. The molecule has 1 aliphatic heterocycles. The van der Waals surface area contributed by atoms with Crippen LogP contribution in [-0.4, -0.2) is 53.8 Å². The molecular formula is C21H19F5N2O5. The molecule has 0 spiro atoms. The van der Waals surface area contributed by atoms with Crippen molar-refractivity contribution in [3.63, 3.8) is 0 Å². The summed E-state index contributed by atoms with van der Waals surface area (Å²) in [6.07, 6.45) is -3.49. The second kappa shape index (κ2) is 8.31. The number of methoxy groups -OCH3 is 1. The fourth-order valence-electron chi connectivity index (χ4n) is 3.98. The van der Waals surface area contributed by atoms with E-state index >= 15 is 0 Å². The number of carbonyl (C=O) groups is 2. The first kappa shape index (κ1) is 23.0. The monoisotopic (exact) mass is 474 g/mol. The number of esters is 1. The van der Waals surface area contributed by atoms with Crippen molar-refractivity contribution in [1.82, 2.24) is 9.47 Å². The van der Waals surface area contributed by atoms with Gasteiger partial charge in [0.05, 0.1) is 18.0 Å². The van der Waals surface area contributed by atoms with Gasteiger partial charge in [0.15, 0.2) is 17.7 Å². The van der Waals surface area contributed by atoms with Crippen molar-refractivity contribution in [2.45, 2.75) is 44.0 Å². The Kier molecular flexibility index (Phi) is 5.79. The third-order valence-corrected chi connectivity index (χ3v) is 5.63. The van der Waals surface area contributed by atoms with E-state index < -0.39 is 59.1 Å². The van der Waals surface area contributed by atoms with Crippen LogP contribution in [0.15, 0.2) is 17.1 Å². The molecule has 2 aromatic rings. The number of alkyl halides is 3. The van der Waals surface area contributed by atoms with Crippen molar-refractivity contribution < 1.29 is 41.0 Å².